The van der Waals surface area contributed by atoms with E-state index in [1.807, 2.05) is 6.07 Å². The second-order valence-corrected chi connectivity index (χ2v) is 11.2. The SMILES string of the molecule is C[C@@H](O)c1ccc(C2(CNC(=O)CCc3ccc(S(C)(=O)=O)cc3)CCCC2)s1. The predicted molar refractivity (Wildman–Crippen MR) is 116 cm³/mol. The number of carbonyl (C=O) groups is 1. The first-order chi connectivity index (χ1) is 13.7. The number of carbonyl (C=O) groups excluding carboxylic acids is 1. The molecule has 7 heteroatoms. The van der Waals surface area contributed by atoms with Crippen LogP contribution in [0.1, 0.15) is 60.4 Å². The van der Waals surface area contributed by atoms with Crippen molar-refractivity contribution in [3.8, 4) is 0 Å². The van der Waals surface area contributed by atoms with Crippen molar-refractivity contribution in [2.75, 3.05) is 12.8 Å². The van der Waals surface area contributed by atoms with Crippen LogP contribution in [0.3, 0.4) is 0 Å². The Morgan fingerprint density at radius 1 is 1.17 bits per heavy atom. The molecule has 1 heterocycles. The molecule has 1 saturated carbocycles. The number of nitrogens with one attached hydrogen (secondary N) is 1. The summed E-state index contributed by atoms with van der Waals surface area (Å²) < 4.78 is 23.1. The zero-order valence-corrected chi connectivity index (χ0v) is 18.6. The Morgan fingerprint density at radius 2 is 1.83 bits per heavy atom. The molecule has 1 aliphatic carbocycles. The van der Waals surface area contributed by atoms with Crippen molar-refractivity contribution in [1.82, 2.24) is 5.32 Å². The molecular weight excluding hydrogens is 406 g/mol. The van der Waals surface area contributed by atoms with E-state index >= 15 is 0 Å². The average molecular weight is 436 g/mol. The van der Waals surface area contributed by atoms with Crippen LogP contribution in [0.25, 0.3) is 0 Å². The summed E-state index contributed by atoms with van der Waals surface area (Å²) in [5, 5.41) is 12.9. The molecule has 1 atom stereocenters. The van der Waals surface area contributed by atoms with E-state index in [0.717, 1.165) is 36.1 Å². The highest BCUT2D eigenvalue weighted by Crippen LogP contribution is 2.44. The molecular formula is C22H29NO4S2. The van der Waals surface area contributed by atoms with Crippen LogP contribution in [-0.4, -0.2) is 32.2 Å². The zero-order valence-electron chi connectivity index (χ0n) is 17.0. The van der Waals surface area contributed by atoms with Gasteiger partial charge in [0.1, 0.15) is 0 Å². The van der Waals surface area contributed by atoms with Gasteiger partial charge in [0.2, 0.25) is 5.91 Å². The van der Waals surface area contributed by atoms with Gasteiger partial charge in [0.25, 0.3) is 0 Å². The van der Waals surface area contributed by atoms with E-state index in [1.54, 1.807) is 42.5 Å². The summed E-state index contributed by atoms with van der Waals surface area (Å²) in [7, 11) is -3.20. The number of hydrogen-bond acceptors (Lipinski definition) is 5. The van der Waals surface area contributed by atoms with Gasteiger partial charge in [-0.3, -0.25) is 4.79 Å². The molecule has 0 bridgehead atoms. The van der Waals surface area contributed by atoms with Crippen molar-refractivity contribution >= 4 is 27.1 Å². The van der Waals surface area contributed by atoms with E-state index in [0.29, 0.717) is 24.3 Å². The standard InChI is InChI=1S/C22H29NO4S2/c1-16(24)19-10-11-20(28-19)22(13-3-4-14-22)15-23-21(25)12-7-17-5-8-18(9-6-17)29(2,26)27/h5-6,8-11,16,24H,3-4,7,12-15H2,1-2H3,(H,23,25)/t16-/m1/s1. The Kier molecular flexibility index (Phi) is 6.81. The van der Waals surface area contributed by atoms with Gasteiger partial charge in [0, 0.05) is 34.4 Å². The van der Waals surface area contributed by atoms with Crippen molar-refractivity contribution < 1.29 is 18.3 Å². The van der Waals surface area contributed by atoms with Crippen LogP contribution in [-0.2, 0) is 26.5 Å². The summed E-state index contributed by atoms with van der Waals surface area (Å²) in [5.41, 5.74) is 0.924. The fourth-order valence-electron chi connectivity index (χ4n) is 3.94. The molecule has 5 nitrogen and oxygen atoms in total. The number of aryl methyl sites for hydroxylation is 1. The highest BCUT2D eigenvalue weighted by atomic mass is 32.2. The Labute approximate surface area is 177 Å². The van der Waals surface area contributed by atoms with Crippen LogP contribution in [0, 0.1) is 0 Å². The Hall–Kier alpha value is -1.70. The van der Waals surface area contributed by atoms with E-state index in [1.165, 1.54) is 11.1 Å². The number of rotatable bonds is 8. The monoisotopic (exact) mass is 435 g/mol. The minimum Gasteiger partial charge on any atom is -0.388 e. The van der Waals surface area contributed by atoms with Crippen LogP contribution in [0.2, 0.25) is 0 Å². The number of aliphatic hydroxyl groups excluding tert-OH is 1. The van der Waals surface area contributed by atoms with Gasteiger partial charge in [-0.15, -0.1) is 11.3 Å². The molecule has 0 aliphatic heterocycles. The molecule has 2 N–H and O–H groups in total. The van der Waals surface area contributed by atoms with Crippen molar-refractivity contribution in [3.63, 3.8) is 0 Å². The zero-order chi connectivity index (χ0) is 21.1. The molecule has 0 unspecified atom stereocenters. The van der Waals surface area contributed by atoms with Gasteiger partial charge in [0.15, 0.2) is 9.84 Å². The molecule has 29 heavy (non-hydrogen) atoms. The minimum atomic E-state index is -3.20. The summed E-state index contributed by atoms with van der Waals surface area (Å²) in [6, 6.07) is 10.8. The van der Waals surface area contributed by atoms with Crippen LogP contribution in [0.5, 0.6) is 0 Å². The third-order valence-corrected chi connectivity index (χ3v) is 8.37. The predicted octanol–water partition coefficient (Wildman–Crippen LogP) is 3.77. The molecule has 0 radical (unpaired) electrons. The number of thiophene rings is 1. The molecule has 0 saturated heterocycles. The van der Waals surface area contributed by atoms with Gasteiger partial charge < -0.3 is 10.4 Å². The van der Waals surface area contributed by atoms with Crippen molar-refractivity contribution in [2.45, 2.75) is 61.9 Å². The van der Waals surface area contributed by atoms with Gasteiger partial charge in [-0.05, 0) is 56.0 Å². The molecule has 1 aliphatic rings. The summed E-state index contributed by atoms with van der Waals surface area (Å²) >= 11 is 1.65. The average Bonchev–Trinajstić information content (AvgIpc) is 3.34. The summed E-state index contributed by atoms with van der Waals surface area (Å²) in [6.07, 6.45) is 6.10. The maximum atomic E-state index is 12.4. The van der Waals surface area contributed by atoms with Gasteiger partial charge >= 0.3 is 0 Å². The summed E-state index contributed by atoms with van der Waals surface area (Å²) in [4.78, 5) is 15.0. The number of amides is 1. The van der Waals surface area contributed by atoms with Gasteiger partial charge in [-0.2, -0.15) is 0 Å². The quantitative estimate of drug-likeness (QED) is 0.661. The van der Waals surface area contributed by atoms with Gasteiger partial charge in [-0.1, -0.05) is 25.0 Å². The third-order valence-electron chi connectivity index (χ3n) is 5.74. The van der Waals surface area contributed by atoms with E-state index in [2.05, 4.69) is 11.4 Å². The fourth-order valence-corrected chi connectivity index (χ4v) is 5.76. The smallest absolute Gasteiger partial charge is 0.220 e. The summed E-state index contributed by atoms with van der Waals surface area (Å²) in [5.74, 6) is 0.00997. The number of aliphatic hydroxyl groups is 1. The highest BCUT2D eigenvalue weighted by molar-refractivity contribution is 7.90. The first-order valence-electron chi connectivity index (χ1n) is 10.0. The van der Waals surface area contributed by atoms with Crippen LogP contribution in [0.15, 0.2) is 41.3 Å². The summed E-state index contributed by atoms with van der Waals surface area (Å²) in [6.45, 7) is 2.40. The lowest BCUT2D eigenvalue weighted by Gasteiger charge is -2.28. The Morgan fingerprint density at radius 3 is 2.38 bits per heavy atom. The van der Waals surface area contributed by atoms with E-state index in [9.17, 15) is 18.3 Å². The highest BCUT2D eigenvalue weighted by Gasteiger charge is 2.37. The largest absolute Gasteiger partial charge is 0.388 e. The van der Waals surface area contributed by atoms with Crippen molar-refractivity contribution in [1.29, 1.82) is 0 Å². The third kappa shape index (κ3) is 5.47. The molecule has 1 fully saturated rings. The van der Waals surface area contributed by atoms with Crippen LogP contribution >= 0.6 is 11.3 Å². The number of hydrogen-bond donors (Lipinski definition) is 2. The molecule has 1 amide bonds. The lowest BCUT2D eigenvalue weighted by Crippen LogP contribution is -2.38. The topological polar surface area (TPSA) is 83.5 Å². The van der Waals surface area contributed by atoms with Gasteiger partial charge in [-0.25, -0.2) is 8.42 Å². The fraction of sp³-hybridized carbons (Fsp3) is 0.500. The van der Waals surface area contributed by atoms with Crippen molar-refractivity contribution in [2.24, 2.45) is 0 Å². The Bertz CT molecular complexity index is 939. The second-order valence-electron chi connectivity index (χ2n) is 8.06. The lowest BCUT2D eigenvalue weighted by molar-refractivity contribution is -0.121. The second kappa shape index (κ2) is 8.98. The number of benzene rings is 1. The number of sulfone groups is 1. The Balaban J connectivity index is 1.57. The van der Waals surface area contributed by atoms with E-state index in [4.69, 9.17) is 0 Å². The molecule has 1 aromatic carbocycles. The minimum absolute atomic E-state index is 0.00997. The maximum absolute atomic E-state index is 12.4. The molecule has 158 valence electrons. The van der Waals surface area contributed by atoms with E-state index in [-0.39, 0.29) is 11.3 Å². The van der Waals surface area contributed by atoms with Gasteiger partial charge in [0.05, 0.1) is 11.0 Å². The molecule has 0 spiro atoms. The van der Waals surface area contributed by atoms with Crippen molar-refractivity contribution in [3.05, 3.63) is 51.7 Å². The molecule has 2 aromatic rings. The normalized spacial score (nSPS) is 17.2. The lowest BCUT2D eigenvalue weighted by atomic mass is 9.84. The van der Waals surface area contributed by atoms with Crippen LogP contribution < -0.4 is 5.32 Å². The van der Waals surface area contributed by atoms with Crippen LogP contribution in [0.4, 0.5) is 0 Å². The molecule has 3 rings (SSSR count). The maximum Gasteiger partial charge on any atom is 0.220 e. The first-order valence-corrected chi connectivity index (χ1v) is 12.7. The molecule has 1 aromatic heterocycles. The first kappa shape index (κ1) is 22.0. The van der Waals surface area contributed by atoms with E-state index < -0.39 is 15.9 Å².